The largest absolute Gasteiger partial charge is 0.486 e. The van der Waals surface area contributed by atoms with Crippen LogP contribution in [0.5, 0.6) is 11.5 Å². The zero-order valence-corrected chi connectivity index (χ0v) is 14.8. The Morgan fingerprint density at radius 1 is 1.24 bits per heavy atom. The highest BCUT2D eigenvalue weighted by molar-refractivity contribution is 6.00. The van der Waals surface area contributed by atoms with E-state index in [9.17, 15) is 9.59 Å². The number of hydrogen-bond donors (Lipinski definition) is 2. The van der Waals surface area contributed by atoms with E-state index in [0.717, 1.165) is 18.5 Å². The third kappa shape index (κ3) is 4.55. The number of hydrogen-bond acceptors (Lipinski definition) is 5. The number of halogens is 1. The molecule has 1 aromatic rings. The Balaban J connectivity index is 0.00000225. The highest BCUT2D eigenvalue weighted by Gasteiger charge is 2.35. The van der Waals surface area contributed by atoms with Crippen molar-refractivity contribution in [1.82, 2.24) is 5.32 Å². The summed E-state index contributed by atoms with van der Waals surface area (Å²) in [6.07, 6.45) is 1.97. The van der Waals surface area contributed by atoms with E-state index in [-0.39, 0.29) is 36.6 Å². The van der Waals surface area contributed by atoms with Crippen molar-refractivity contribution in [1.29, 1.82) is 0 Å². The van der Waals surface area contributed by atoms with Gasteiger partial charge in [-0.3, -0.25) is 9.59 Å². The number of amides is 2. The Labute approximate surface area is 153 Å². The molecule has 0 aliphatic carbocycles. The molecule has 1 aromatic carbocycles. The van der Waals surface area contributed by atoms with E-state index in [0.29, 0.717) is 44.3 Å². The van der Waals surface area contributed by atoms with Gasteiger partial charge in [0.1, 0.15) is 13.2 Å². The summed E-state index contributed by atoms with van der Waals surface area (Å²) in [5.74, 6) is 0.893. The van der Waals surface area contributed by atoms with Gasteiger partial charge in [-0.15, -0.1) is 12.4 Å². The highest BCUT2D eigenvalue weighted by atomic mass is 35.5. The molecular formula is C17H24ClN3O4. The number of carbonyl (C=O) groups is 2. The van der Waals surface area contributed by atoms with Crippen LogP contribution in [0.15, 0.2) is 18.2 Å². The predicted octanol–water partition coefficient (Wildman–Crippen LogP) is 1.09. The van der Waals surface area contributed by atoms with Gasteiger partial charge in [-0.2, -0.15) is 0 Å². The van der Waals surface area contributed by atoms with Crippen LogP contribution in [-0.4, -0.2) is 44.7 Å². The van der Waals surface area contributed by atoms with Crippen LogP contribution in [0.3, 0.4) is 0 Å². The molecule has 138 valence electrons. The van der Waals surface area contributed by atoms with Crippen LogP contribution in [0.1, 0.15) is 19.3 Å². The highest BCUT2D eigenvalue weighted by Crippen LogP contribution is 2.35. The van der Waals surface area contributed by atoms with E-state index in [4.69, 9.17) is 15.2 Å². The summed E-state index contributed by atoms with van der Waals surface area (Å²) in [5, 5.41) is 2.88. The summed E-state index contributed by atoms with van der Waals surface area (Å²) in [7, 11) is 0. The Morgan fingerprint density at radius 2 is 2.00 bits per heavy atom. The fourth-order valence-electron chi connectivity index (χ4n) is 2.96. The number of ether oxygens (including phenoxy) is 2. The van der Waals surface area contributed by atoms with E-state index in [1.54, 1.807) is 17.0 Å². The number of nitrogens with zero attached hydrogens (tertiary/aromatic N) is 1. The van der Waals surface area contributed by atoms with Gasteiger partial charge in [-0.1, -0.05) is 0 Å². The number of unbranched alkanes of at least 4 members (excludes halogenated alkanes) is 1. The van der Waals surface area contributed by atoms with Crippen molar-refractivity contribution >= 4 is 29.9 Å². The summed E-state index contributed by atoms with van der Waals surface area (Å²) in [5.41, 5.74) is 6.17. The lowest BCUT2D eigenvalue weighted by molar-refractivity contribution is -0.126. The van der Waals surface area contributed by atoms with Gasteiger partial charge < -0.3 is 25.4 Å². The van der Waals surface area contributed by atoms with Gasteiger partial charge >= 0.3 is 0 Å². The third-order valence-corrected chi connectivity index (χ3v) is 4.26. The van der Waals surface area contributed by atoms with Crippen LogP contribution in [0, 0.1) is 5.92 Å². The Hall–Kier alpha value is -1.99. The van der Waals surface area contributed by atoms with E-state index < -0.39 is 0 Å². The molecule has 3 rings (SSSR count). The number of anilines is 1. The molecule has 1 saturated heterocycles. The van der Waals surface area contributed by atoms with Gasteiger partial charge in [-0.25, -0.2) is 0 Å². The Kier molecular flexibility index (Phi) is 6.90. The minimum absolute atomic E-state index is 0. The summed E-state index contributed by atoms with van der Waals surface area (Å²) in [6, 6.07) is 5.43. The maximum absolute atomic E-state index is 12.3. The lowest BCUT2D eigenvalue weighted by atomic mass is 10.1. The monoisotopic (exact) mass is 369 g/mol. The molecule has 0 spiro atoms. The third-order valence-electron chi connectivity index (χ3n) is 4.26. The van der Waals surface area contributed by atoms with Crippen molar-refractivity contribution in [3.63, 3.8) is 0 Å². The average molecular weight is 370 g/mol. The van der Waals surface area contributed by atoms with Crippen LogP contribution < -0.4 is 25.4 Å². The number of benzene rings is 1. The molecule has 1 atom stereocenters. The first-order valence-corrected chi connectivity index (χ1v) is 8.37. The molecule has 0 aromatic heterocycles. The van der Waals surface area contributed by atoms with Crippen molar-refractivity contribution in [3.05, 3.63) is 18.2 Å². The molecule has 2 aliphatic heterocycles. The van der Waals surface area contributed by atoms with Crippen molar-refractivity contribution in [2.24, 2.45) is 11.7 Å². The van der Waals surface area contributed by atoms with E-state index >= 15 is 0 Å². The van der Waals surface area contributed by atoms with Gasteiger partial charge in [0, 0.05) is 31.3 Å². The maximum atomic E-state index is 12.3. The van der Waals surface area contributed by atoms with Crippen molar-refractivity contribution < 1.29 is 19.1 Å². The molecule has 25 heavy (non-hydrogen) atoms. The number of nitrogens with two attached hydrogens (primary N) is 1. The number of rotatable bonds is 6. The summed E-state index contributed by atoms with van der Waals surface area (Å²) < 4.78 is 11.0. The maximum Gasteiger partial charge on any atom is 0.227 e. The molecule has 7 nitrogen and oxygen atoms in total. The van der Waals surface area contributed by atoms with Crippen LogP contribution in [-0.2, 0) is 9.59 Å². The first-order chi connectivity index (χ1) is 11.7. The topological polar surface area (TPSA) is 93.9 Å². The second kappa shape index (κ2) is 8.92. The molecule has 2 heterocycles. The quantitative estimate of drug-likeness (QED) is 0.732. The molecule has 3 N–H and O–H groups in total. The molecule has 2 aliphatic rings. The Bertz CT molecular complexity index is 626. The zero-order chi connectivity index (χ0) is 16.9. The second-order valence-corrected chi connectivity index (χ2v) is 6.02. The molecule has 0 saturated carbocycles. The van der Waals surface area contributed by atoms with Gasteiger partial charge in [0.15, 0.2) is 11.5 Å². The first kappa shape index (κ1) is 19.3. The molecule has 0 bridgehead atoms. The van der Waals surface area contributed by atoms with Gasteiger partial charge in [0.2, 0.25) is 11.8 Å². The van der Waals surface area contributed by atoms with Crippen molar-refractivity contribution in [2.45, 2.75) is 19.3 Å². The van der Waals surface area contributed by atoms with Gasteiger partial charge in [0.05, 0.1) is 5.92 Å². The van der Waals surface area contributed by atoms with Crippen LogP contribution >= 0.6 is 12.4 Å². The second-order valence-electron chi connectivity index (χ2n) is 6.02. The molecule has 2 amide bonds. The molecule has 0 radical (unpaired) electrons. The van der Waals surface area contributed by atoms with Crippen molar-refractivity contribution in [2.75, 3.05) is 37.7 Å². The van der Waals surface area contributed by atoms with E-state index in [2.05, 4.69) is 5.32 Å². The summed E-state index contributed by atoms with van der Waals surface area (Å²) in [4.78, 5) is 26.1. The number of carbonyl (C=O) groups excluding carboxylic acids is 2. The molecular weight excluding hydrogens is 346 g/mol. The fraction of sp³-hybridized carbons (Fsp3) is 0.529. The standard InChI is InChI=1S/C17H23N3O4.ClH/c18-5-1-2-6-19-17(22)12-9-16(21)20(11-12)13-3-4-14-15(10-13)24-8-7-23-14;/h3-4,10,12H,1-2,5-9,11,18H2,(H,19,22);1H. The van der Waals surface area contributed by atoms with Crippen LogP contribution in [0.4, 0.5) is 5.69 Å². The van der Waals surface area contributed by atoms with E-state index in [1.807, 2.05) is 6.07 Å². The molecule has 8 heteroatoms. The number of nitrogens with one attached hydrogen (secondary N) is 1. The Morgan fingerprint density at radius 3 is 2.76 bits per heavy atom. The number of fused-ring (bicyclic) bond motifs is 1. The lowest BCUT2D eigenvalue weighted by Crippen LogP contribution is -2.33. The van der Waals surface area contributed by atoms with Crippen LogP contribution in [0.2, 0.25) is 0 Å². The summed E-state index contributed by atoms with van der Waals surface area (Å²) >= 11 is 0. The average Bonchev–Trinajstić information content (AvgIpc) is 3.00. The zero-order valence-electron chi connectivity index (χ0n) is 14.0. The fourth-order valence-corrected chi connectivity index (χ4v) is 2.96. The minimum atomic E-state index is -0.316. The normalized spacial score (nSPS) is 18.7. The smallest absolute Gasteiger partial charge is 0.227 e. The van der Waals surface area contributed by atoms with E-state index in [1.165, 1.54) is 0 Å². The predicted molar refractivity (Wildman–Crippen MR) is 96.4 cm³/mol. The first-order valence-electron chi connectivity index (χ1n) is 8.37. The van der Waals surface area contributed by atoms with Gasteiger partial charge in [0.25, 0.3) is 0 Å². The molecule has 1 fully saturated rings. The SMILES string of the molecule is Cl.NCCCCNC(=O)C1CC(=O)N(c2ccc3c(c2)OCCO3)C1. The van der Waals surface area contributed by atoms with Crippen LogP contribution in [0.25, 0.3) is 0 Å². The van der Waals surface area contributed by atoms with Crippen molar-refractivity contribution in [3.8, 4) is 11.5 Å². The summed E-state index contributed by atoms with van der Waals surface area (Å²) in [6.45, 7) is 2.64. The lowest BCUT2D eigenvalue weighted by Gasteiger charge is -2.22. The minimum Gasteiger partial charge on any atom is -0.486 e. The van der Waals surface area contributed by atoms with Gasteiger partial charge in [-0.05, 0) is 31.5 Å². The molecule has 1 unspecified atom stereocenters.